The molecule has 0 saturated heterocycles. The zero-order valence-corrected chi connectivity index (χ0v) is 12.2. The number of hydrogen-bond acceptors (Lipinski definition) is 5. The van der Waals surface area contributed by atoms with Crippen LogP contribution < -0.4 is 0 Å². The lowest BCUT2D eigenvalue weighted by Crippen LogP contribution is -2.41. The standard InChI is InChI=1S/C14H23NO5/c1-19-13(17)9-15(10-14(18)20-2)12(16)8-11-6-4-3-5-7-11/h11H,3-10H2,1-2H3. The second kappa shape index (κ2) is 8.55. The van der Waals surface area contributed by atoms with E-state index in [2.05, 4.69) is 9.47 Å². The Balaban J connectivity index is 2.57. The van der Waals surface area contributed by atoms with E-state index in [1.165, 1.54) is 25.5 Å². The number of carbonyl (C=O) groups excluding carboxylic acids is 3. The Labute approximate surface area is 119 Å². The lowest BCUT2D eigenvalue weighted by Gasteiger charge is -2.25. The molecular formula is C14H23NO5. The Morgan fingerprint density at radius 3 is 1.90 bits per heavy atom. The largest absolute Gasteiger partial charge is 0.468 e. The first-order valence-corrected chi connectivity index (χ1v) is 6.98. The second-order valence-corrected chi connectivity index (χ2v) is 5.11. The first-order chi connectivity index (χ1) is 9.56. The van der Waals surface area contributed by atoms with E-state index in [9.17, 15) is 14.4 Å². The van der Waals surface area contributed by atoms with Gasteiger partial charge >= 0.3 is 11.9 Å². The molecule has 0 atom stereocenters. The predicted octanol–water partition coefficient (Wildman–Crippen LogP) is 1.13. The summed E-state index contributed by atoms with van der Waals surface area (Å²) < 4.78 is 9.10. The average Bonchev–Trinajstić information content (AvgIpc) is 2.47. The molecule has 20 heavy (non-hydrogen) atoms. The van der Waals surface area contributed by atoms with Crippen LogP contribution >= 0.6 is 0 Å². The van der Waals surface area contributed by atoms with Gasteiger partial charge < -0.3 is 14.4 Å². The zero-order valence-electron chi connectivity index (χ0n) is 12.2. The SMILES string of the molecule is COC(=O)CN(CC(=O)OC)C(=O)CC1CCCCC1. The van der Waals surface area contributed by atoms with Crippen molar-refractivity contribution in [3.05, 3.63) is 0 Å². The summed E-state index contributed by atoms with van der Waals surface area (Å²) in [6.45, 7) is -0.422. The molecule has 1 aliphatic rings. The molecule has 6 nitrogen and oxygen atoms in total. The Morgan fingerprint density at radius 2 is 1.45 bits per heavy atom. The van der Waals surface area contributed by atoms with Gasteiger partial charge in [-0.15, -0.1) is 0 Å². The number of ether oxygens (including phenoxy) is 2. The molecule has 6 heteroatoms. The van der Waals surface area contributed by atoms with Crippen LogP contribution in [-0.4, -0.2) is 50.1 Å². The molecule has 0 bridgehead atoms. The van der Waals surface area contributed by atoms with E-state index in [4.69, 9.17) is 0 Å². The zero-order chi connectivity index (χ0) is 15.0. The van der Waals surface area contributed by atoms with Crippen molar-refractivity contribution in [2.24, 2.45) is 5.92 Å². The molecule has 0 aromatic rings. The molecule has 114 valence electrons. The van der Waals surface area contributed by atoms with Gasteiger partial charge in [0, 0.05) is 6.42 Å². The van der Waals surface area contributed by atoms with Gasteiger partial charge in [-0.3, -0.25) is 14.4 Å². The minimum absolute atomic E-state index is 0.187. The maximum atomic E-state index is 12.2. The fourth-order valence-corrected chi connectivity index (χ4v) is 2.44. The Hall–Kier alpha value is -1.59. The highest BCUT2D eigenvalue weighted by atomic mass is 16.5. The van der Waals surface area contributed by atoms with Crippen LogP contribution in [0.4, 0.5) is 0 Å². The first kappa shape index (κ1) is 16.5. The number of esters is 2. The maximum Gasteiger partial charge on any atom is 0.325 e. The predicted molar refractivity (Wildman–Crippen MR) is 71.8 cm³/mol. The fourth-order valence-electron chi connectivity index (χ4n) is 2.44. The molecule has 1 amide bonds. The van der Waals surface area contributed by atoms with E-state index in [0.717, 1.165) is 25.7 Å². The summed E-state index contributed by atoms with van der Waals surface area (Å²) in [5, 5.41) is 0. The number of carbonyl (C=O) groups is 3. The lowest BCUT2D eigenvalue weighted by molar-refractivity contribution is -0.152. The summed E-state index contributed by atoms with van der Waals surface area (Å²) in [6.07, 6.45) is 5.97. The van der Waals surface area contributed by atoms with Gasteiger partial charge in [-0.1, -0.05) is 19.3 Å². The fraction of sp³-hybridized carbons (Fsp3) is 0.786. The number of hydrogen-bond donors (Lipinski definition) is 0. The molecule has 0 radical (unpaired) electrons. The van der Waals surface area contributed by atoms with E-state index < -0.39 is 11.9 Å². The first-order valence-electron chi connectivity index (χ1n) is 6.98. The summed E-state index contributed by atoms with van der Waals surface area (Å²) >= 11 is 0. The molecule has 1 fully saturated rings. The third-order valence-electron chi connectivity index (χ3n) is 3.64. The van der Waals surface area contributed by atoms with E-state index in [1.807, 2.05) is 0 Å². The Morgan fingerprint density at radius 1 is 0.950 bits per heavy atom. The summed E-state index contributed by atoms with van der Waals surface area (Å²) in [7, 11) is 2.51. The Bertz CT molecular complexity index is 331. The van der Waals surface area contributed by atoms with Crippen LogP contribution in [0.1, 0.15) is 38.5 Å². The molecule has 0 N–H and O–H groups in total. The van der Waals surface area contributed by atoms with Crippen molar-refractivity contribution in [3.63, 3.8) is 0 Å². The van der Waals surface area contributed by atoms with E-state index >= 15 is 0 Å². The molecule has 0 heterocycles. The number of rotatable bonds is 6. The van der Waals surface area contributed by atoms with Gasteiger partial charge in [-0.2, -0.15) is 0 Å². The van der Waals surface area contributed by atoms with Crippen LogP contribution in [0.15, 0.2) is 0 Å². The normalized spacial score (nSPS) is 15.5. The Kier molecular flexibility index (Phi) is 7.04. The molecule has 0 aromatic carbocycles. The van der Waals surface area contributed by atoms with Crippen LogP contribution in [0.25, 0.3) is 0 Å². The number of nitrogens with zero attached hydrogens (tertiary/aromatic N) is 1. The second-order valence-electron chi connectivity index (χ2n) is 5.11. The minimum atomic E-state index is -0.536. The van der Waals surface area contributed by atoms with Gasteiger partial charge in [0.25, 0.3) is 0 Å². The topological polar surface area (TPSA) is 72.9 Å². The number of amides is 1. The molecule has 0 spiro atoms. The van der Waals surface area contributed by atoms with Crippen LogP contribution in [0.2, 0.25) is 0 Å². The third-order valence-corrected chi connectivity index (χ3v) is 3.64. The smallest absolute Gasteiger partial charge is 0.325 e. The summed E-state index contributed by atoms with van der Waals surface area (Å²) in [5.74, 6) is -0.904. The van der Waals surface area contributed by atoms with Gasteiger partial charge in [0.05, 0.1) is 14.2 Å². The van der Waals surface area contributed by atoms with Crippen LogP contribution in [-0.2, 0) is 23.9 Å². The highest BCUT2D eigenvalue weighted by molar-refractivity contribution is 5.86. The van der Waals surface area contributed by atoms with Crippen molar-refractivity contribution in [2.45, 2.75) is 38.5 Å². The van der Waals surface area contributed by atoms with E-state index in [-0.39, 0.29) is 19.0 Å². The van der Waals surface area contributed by atoms with Gasteiger partial charge in [0.15, 0.2) is 0 Å². The lowest BCUT2D eigenvalue weighted by atomic mass is 9.86. The van der Waals surface area contributed by atoms with Crippen LogP contribution in [0, 0.1) is 5.92 Å². The van der Waals surface area contributed by atoms with Crippen molar-refractivity contribution in [2.75, 3.05) is 27.3 Å². The van der Waals surface area contributed by atoms with Crippen molar-refractivity contribution in [1.29, 1.82) is 0 Å². The quantitative estimate of drug-likeness (QED) is 0.684. The van der Waals surface area contributed by atoms with Crippen LogP contribution in [0.3, 0.4) is 0 Å². The van der Waals surface area contributed by atoms with Gasteiger partial charge in [-0.05, 0) is 18.8 Å². The molecule has 0 unspecified atom stereocenters. The van der Waals surface area contributed by atoms with Crippen LogP contribution in [0.5, 0.6) is 0 Å². The summed E-state index contributed by atoms with van der Waals surface area (Å²) in [6, 6.07) is 0. The molecule has 1 aliphatic carbocycles. The molecular weight excluding hydrogens is 262 g/mol. The highest BCUT2D eigenvalue weighted by Gasteiger charge is 2.24. The van der Waals surface area contributed by atoms with Gasteiger partial charge in [0.2, 0.25) is 5.91 Å². The number of methoxy groups -OCH3 is 2. The van der Waals surface area contributed by atoms with E-state index in [0.29, 0.717) is 12.3 Å². The highest BCUT2D eigenvalue weighted by Crippen LogP contribution is 2.26. The van der Waals surface area contributed by atoms with Crippen molar-refractivity contribution in [1.82, 2.24) is 4.90 Å². The van der Waals surface area contributed by atoms with Crippen molar-refractivity contribution in [3.8, 4) is 0 Å². The molecule has 0 aromatic heterocycles. The van der Waals surface area contributed by atoms with E-state index in [1.54, 1.807) is 0 Å². The monoisotopic (exact) mass is 285 g/mol. The summed E-state index contributed by atoms with van der Waals surface area (Å²) in [4.78, 5) is 36.1. The van der Waals surface area contributed by atoms with Gasteiger partial charge in [0.1, 0.15) is 13.1 Å². The summed E-state index contributed by atoms with van der Waals surface area (Å²) in [5.41, 5.74) is 0. The van der Waals surface area contributed by atoms with Crippen molar-refractivity contribution < 1.29 is 23.9 Å². The minimum Gasteiger partial charge on any atom is -0.468 e. The molecule has 0 aliphatic heterocycles. The average molecular weight is 285 g/mol. The van der Waals surface area contributed by atoms with Crippen molar-refractivity contribution >= 4 is 17.8 Å². The third kappa shape index (κ3) is 5.59. The maximum absolute atomic E-state index is 12.2. The van der Waals surface area contributed by atoms with Gasteiger partial charge in [-0.25, -0.2) is 0 Å². The molecule has 1 saturated carbocycles. The molecule has 1 rings (SSSR count).